The lowest BCUT2D eigenvalue weighted by Crippen LogP contribution is -2.38. The fraction of sp³-hybridized carbons (Fsp3) is 0.259. The number of hydrazine groups is 1. The van der Waals surface area contributed by atoms with Crippen LogP contribution < -0.4 is 16.1 Å². The van der Waals surface area contributed by atoms with Crippen molar-refractivity contribution in [2.24, 2.45) is 4.99 Å². The summed E-state index contributed by atoms with van der Waals surface area (Å²) in [5.74, 6) is 0.645. The summed E-state index contributed by atoms with van der Waals surface area (Å²) in [7, 11) is 0. The van der Waals surface area contributed by atoms with Crippen LogP contribution >= 0.6 is 12.4 Å². The number of halogens is 1. The molecule has 3 aromatic carbocycles. The smallest absolute Gasteiger partial charge is 0.231 e. The first-order chi connectivity index (χ1) is 16.7. The van der Waals surface area contributed by atoms with Crippen LogP contribution in [0.1, 0.15) is 29.2 Å². The van der Waals surface area contributed by atoms with E-state index in [4.69, 9.17) is 0 Å². The van der Waals surface area contributed by atoms with Gasteiger partial charge in [-0.25, -0.2) is 5.43 Å². The van der Waals surface area contributed by atoms with Crippen molar-refractivity contribution in [1.82, 2.24) is 15.8 Å². The fourth-order valence-corrected chi connectivity index (χ4v) is 3.82. The minimum absolute atomic E-state index is 0. The molecule has 0 aliphatic carbocycles. The van der Waals surface area contributed by atoms with E-state index in [0.29, 0.717) is 19.8 Å². The van der Waals surface area contributed by atoms with Crippen LogP contribution in [-0.2, 0) is 17.8 Å². The van der Waals surface area contributed by atoms with Gasteiger partial charge in [-0.3, -0.25) is 14.8 Å². The topological polar surface area (TPSA) is 89.0 Å². The average Bonchev–Trinajstić information content (AvgIpc) is 3.30. The summed E-state index contributed by atoms with van der Waals surface area (Å²) < 4.78 is 0. The third-order valence-electron chi connectivity index (χ3n) is 5.69. The van der Waals surface area contributed by atoms with Crippen molar-refractivity contribution in [3.05, 3.63) is 102 Å². The van der Waals surface area contributed by atoms with E-state index < -0.39 is 6.10 Å². The van der Waals surface area contributed by atoms with Gasteiger partial charge in [0.25, 0.3) is 0 Å². The highest BCUT2D eigenvalue weighted by molar-refractivity contribution is 6.05. The van der Waals surface area contributed by atoms with Gasteiger partial charge < -0.3 is 15.7 Å². The molecular formula is C27H32ClN5O2. The molecule has 0 saturated heterocycles. The first kappa shape index (κ1) is 26.4. The molecule has 1 aliphatic heterocycles. The monoisotopic (exact) mass is 493 g/mol. The molecule has 1 amide bonds. The lowest BCUT2D eigenvalue weighted by atomic mass is 10.1. The number of nitrogens with one attached hydrogen (secondary N) is 3. The largest absolute Gasteiger partial charge is 0.387 e. The van der Waals surface area contributed by atoms with Crippen molar-refractivity contribution in [2.75, 3.05) is 25.1 Å². The lowest BCUT2D eigenvalue weighted by molar-refractivity contribution is -0.115. The van der Waals surface area contributed by atoms with E-state index in [1.54, 1.807) is 0 Å². The zero-order valence-electron chi connectivity index (χ0n) is 19.6. The van der Waals surface area contributed by atoms with Crippen LogP contribution in [0, 0.1) is 0 Å². The Kier molecular flexibility index (Phi) is 10.3. The van der Waals surface area contributed by atoms with E-state index in [1.807, 2.05) is 77.8 Å². The number of carbonyl (C=O) groups is 1. The SMILES string of the molecule is Cl.O=C(CC1=NCNN1Cc1ccccc1)Nc1ccc(CCNC[C@H](O)c2ccccc2)cc1. The molecule has 1 aliphatic rings. The molecule has 0 saturated carbocycles. The summed E-state index contributed by atoms with van der Waals surface area (Å²) in [5.41, 5.74) is 7.20. The standard InChI is InChI=1S/C27H31N5O2.ClH/c33-25(23-9-5-2-6-10-23)18-28-16-15-21-11-13-24(14-12-21)31-27(34)17-26-29-20-30-32(26)19-22-7-3-1-4-8-22;/h1-14,25,28,30,33H,15-20H2,(H,31,34);1H/t25-;/m0./s1. The highest BCUT2D eigenvalue weighted by atomic mass is 35.5. The molecule has 0 unspecified atom stereocenters. The number of carbonyl (C=O) groups excluding carboxylic acids is 1. The van der Waals surface area contributed by atoms with Gasteiger partial charge in [-0.05, 0) is 41.8 Å². The first-order valence-corrected chi connectivity index (χ1v) is 11.6. The molecule has 1 heterocycles. The molecule has 35 heavy (non-hydrogen) atoms. The summed E-state index contributed by atoms with van der Waals surface area (Å²) in [4.78, 5) is 17.0. The molecule has 0 radical (unpaired) electrons. The van der Waals surface area contributed by atoms with E-state index in [0.717, 1.165) is 41.2 Å². The predicted octanol–water partition coefficient (Wildman–Crippen LogP) is 3.68. The van der Waals surface area contributed by atoms with E-state index in [-0.39, 0.29) is 24.7 Å². The van der Waals surface area contributed by atoms with Crippen molar-refractivity contribution < 1.29 is 9.90 Å². The molecule has 0 fully saturated rings. The van der Waals surface area contributed by atoms with Gasteiger partial charge in [0.1, 0.15) is 12.5 Å². The summed E-state index contributed by atoms with van der Waals surface area (Å²) in [6.07, 6.45) is 0.545. The number of hydrogen-bond donors (Lipinski definition) is 4. The zero-order valence-corrected chi connectivity index (χ0v) is 20.4. The number of aliphatic hydroxyl groups is 1. The molecule has 7 nitrogen and oxygen atoms in total. The summed E-state index contributed by atoms with van der Waals surface area (Å²) in [5, 5.41) is 18.4. The predicted molar refractivity (Wildman–Crippen MR) is 142 cm³/mol. The number of amidine groups is 1. The molecule has 0 spiro atoms. The molecule has 4 rings (SSSR count). The van der Waals surface area contributed by atoms with Crippen LogP contribution in [0.3, 0.4) is 0 Å². The van der Waals surface area contributed by atoms with Gasteiger partial charge in [-0.2, -0.15) is 0 Å². The van der Waals surface area contributed by atoms with Gasteiger partial charge in [0.2, 0.25) is 5.91 Å². The van der Waals surface area contributed by atoms with Gasteiger partial charge in [0, 0.05) is 12.2 Å². The molecule has 3 aromatic rings. The third-order valence-corrected chi connectivity index (χ3v) is 5.69. The van der Waals surface area contributed by atoms with Gasteiger partial charge in [-0.15, -0.1) is 12.4 Å². The Balaban J connectivity index is 0.00000342. The van der Waals surface area contributed by atoms with Crippen LogP contribution in [0.4, 0.5) is 5.69 Å². The Labute approximate surface area is 212 Å². The summed E-state index contributed by atoms with van der Waals surface area (Å²) >= 11 is 0. The number of benzene rings is 3. The lowest BCUT2D eigenvalue weighted by Gasteiger charge is -2.20. The Hall–Kier alpha value is -3.23. The molecule has 1 atom stereocenters. The highest BCUT2D eigenvalue weighted by Crippen LogP contribution is 2.13. The van der Waals surface area contributed by atoms with E-state index >= 15 is 0 Å². The van der Waals surface area contributed by atoms with E-state index in [1.165, 1.54) is 0 Å². The second-order valence-corrected chi connectivity index (χ2v) is 8.26. The Morgan fingerprint density at radius 2 is 1.66 bits per heavy atom. The van der Waals surface area contributed by atoms with Gasteiger partial charge in [0.05, 0.1) is 19.1 Å². The summed E-state index contributed by atoms with van der Waals surface area (Å²) in [6, 6.07) is 27.6. The normalized spacial score (nSPS) is 13.6. The average molecular weight is 494 g/mol. The number of amides is 1. The van der Waals surface area contributed by atoms with Crippen LogP contribution in [0.2, 0.25) is 0 Å². The van der Waals surface area contributed by atoms with Crippen LogP contribution in [0.5, 0.6) is 0 Å². The molecule has 8 heteroatoms. The number of aliphatic hydroxyl groups excluding tert-OH is 1. The molecule has 184 valence electrons. The third kappa shape index (κ3) is 8.19. The maximum atomic E-state index is 12.6. The van der Waals surface area contributed by atoms with Crippen LogP contribution in [0.15, 0.2) is 89.9 Å². The van der Waals surface area contributed by atoms with Gasteiger partial charge >= 0.3 is 0 Å². The minimum Gasteiger partial charge on any atom is -0.387 e. The van der Waals surface area contributed by atoms with Crippen molar-refractivity contribution in [1.29, 1.82) is 0 Å². The van der Waals surface area contributed by atoms with Crippen LogP contribution in [-0.4, -0.2) is 41.6 Å². The fourth-order valence-electron chi connectivity index (χ4n) is 3.82. The number of rotatable bonds is 11. The van der Waals surface area contributed by atoms with Crippen molar-refractivity contribution >= 4 is 29.8 Å². The van der Waals surface area contributed by atoms with E-state index in [2.05, 4.69) is 33.2 Å². The Bertz CT molecular complexity index is 1080. The quantitative estimate of drug-likeness (QED) is 0.306. The second kappa shape index (κ2) is 13.6. The second-order valence-electron chi connectivity index (χ2n) is 8.26. The maximum absolute atomic E-state index is 12.6. The zero-order chi connectivity index (χ0) is 23.6. The summed E-state index contributed by atoms with van der Waals surface area (Å²) in [6.45, 7) is 2.43. The maximum Gasteiger partial charge on any atom is 0.231 e. The molecule has 4 N–H and O–H groups in total. The minimum atomic E-state index is -0.512. The number of nitrogens with zero attached hydrogens (tertiary/aromatic N) is 2. The highest BCUT2D eigenvalue weighted by Gasteiger charge is 2.19. The van der Waals surface area contributed by atoms with Crippen molar-refractivity contribution in [3.63, 3.8) is 0 Å². The number of aliphatic imine (C=N–C) groups is 1. The first-order valence-electron chi connectivity index (χ1n) is 11.6. The number of anilines is 1. The molecule has 0 bridgehead atoms. The van der Waals surface area contributed by atoms with Crippen molar-refractivity contribution in [3.8, 4) is 0 Å². The van der Waals surface area contributed by atoms with Gasteiger partial charge in [0.15, 0.2) is 0 Å². The van der Waals surface area contributed by atoms with E-state index in [9.17, 15) is 9.90 Å². The number of hydrogen-bond acceptors (Lipinski definition) is 6. The van der Waals surface area contributed by atoms with Gasteiger partial charge in [-0.1, -0.05) is 72.8 Å². The molecular weight excluding hydrogens is 462 g/mol. The Morgan fingerprint density at radius 1 is 0.971 bits per heavy atom. The van der Waals surface area contributed by atoms with Crippen molar-refractivity contribution in [2.45, 2.75) is 25.5 Å². The van der Waals surface area contributed by atoms with Crippen LogP contribution in [0.25, 0.3) is 0 Å². The Morgan fingerprint density at radius 3 is 2.37 bits per heavy atom. The molecule has 0 aromatic heterocycles.